The zero-order chi connectivity index (χ0) is 67.7. The van der Waals surface area contributed by atoms with Crippen molar-refractivity contribution >= 4 is 39.5 Å². The summed E-state index contributed by atoms with van der Waals surface area (Å²) in [6, 6.07) is 0. The number of ether oxygens (including phenoxy) is 4. The van der Waals surface area contributed by atoms with Crippen molar-refractivity contribution in [3.05, 3.63) is 0 Å². The normalized spacial score (nSPS) is 14.0. The first-order valence-electron chi connectivity index (χ1n) is 38.1. The predicted molar refractivity (Wildman–Crippen MR) is 372 cm³/mol. The Morgan fingerprint density at radius 2 is 0.500 bits per heavy atom. The summed E-state index contributed by atoms with van der Waals surface area (Å²) in [7, 11) is -9.90. The fourth-order valence-electron chi connectivity index (χ4n) is 11.2. The number of esters is 4. The Morgan fingerprint density at radius 3 is 0.739 bits per heavy atom. The highest BCUT2D eigenvalue weighted by atomic mass is 31.2. The molecule has 0 aromatic carbocycles. The van der Waals surface area contributed by atoms with Crippen molar-refractivity contribution in [3.63, 3.8) is 0 Å². The molecule has 2 unspecified atom stereocenters. The first kappa shape index (κ1) is 90.1. The molecule has 0 aliphatic heterocycles. The van der Waals surface area contributed by atoms with E-state index in [1.807, 2.05) is 0 Å². The summed E-state index contributed by atoms with van der Waals surface area (Å²) in [6.07, 6.45) is 54.3. The minimum atomic E-state index is -4.95. The minimum Gasteiger partial charge on any atom is -0.462 e. The molecule has 17 nitrogen and oxygen atoms in total. The van der Waals surface area contributed by atoms with E-state index in [1.165, 1.54) is 193 Å². The molecule has 0 saturated heterocycles. The maximum absolute atomic E-state index is 13.1. The van der Waals surface area contributed by atoms with Crippen LogP contribution in [0.3, 0.4) is 0 Å². The van der Waals surface area contributed by atoms with Crippen LogP contribution in [0.25, 0.3) is 0 Å². The number of carbonyl (C=O) groups excluding carboxylic acids is 4. The van der Waals surface area contributed by atoms with Gasteiger partial charge in [0.1, 0.15) is 19.3 Å². The lowest BCUT2D eigenvalue weighted by Crippen LogP contribution is -2.30. The van der Waals surface area contributed by atoms with Crippen LogP contribution in [-0.4, -0.2) is 96.7 Å². The summed E-state index contributed by atoms with van der Waals surface area (Å²) < 4.78 is 68.3. The highest BCUT2D eigenvalue weighted by Gasteiger charge is 2.30. The molecule has 0 radical (unpaired) electrons. The van der Waals surface area contributed by atoms with Gasteiger partial charge in [0.15, 0.2) is 12.2 Å². The molecule has 0 fully saturated rings. The van der Waals surface area contributed by atoms with Crippen LogP contribution < -0.4 is 0 Å². The number of phosphoric ester groups is 2. The van der Waals surface area contributed by atoms with Crippen molar-refractivity contribution in [1.29, 1.82) is 0 Å². The third-order valence-corrected chi connectivity index (χ3v) is 18.9. The van der Waals surface area contributed by atoms with Gasteiger partial charge in [-0.3, -0.25) is 37.3 Å². The standard InChI is InChI=1S/C73H142O17P2/c1-6-9-12-15-18-20-22-23-24-25-26-27-28-29-30-34-39-44-49-54-59-73(78)90-69(63-84-71(76)57-52-47-42-37-35-31-33-36-41-45-50-55-66(4)5)65-88-92(81,82)86-61-67(74)60-85-91(79,80)87-64-68(62-83-70(75)56-51-46-40-17-14-11-8-3)89-72(77)58-53-48-43-38-32-21-19-16-13-10-7-2/h66-69,74H,6-65H2,1-5H3,(H,79,80)(H,81,82)/t67-,68+,69+/m0/s1. The molecular weight excluding hydrogens is 1210 g/mol. The fraction of sp³-hybridized carbons (Fsp3) is 0.945. The molecule has 3 N–H and O–H groups in total. The Labute approximate surface area is 562 Å². The number of unbranched alkanes of at least 4 members (excludes halogenated alkanes) is 45. The third-order valence-electron chi connectivity index (χ3n) is 17.0. The highest BCUT2D eigenvalue weighted by molar-refractivity contribution is 7.47. The van der Waals surface area contributed by atoms with E-state index in [2.05, 4.69) is 34.6 Å². The molecule has 0 aromatic rings. The van der Waals surface area contributed by atoms with E-state index in [-0.39, 0.29) is 25.7 Å². The fourth-order valence-corrected chi connectivity index (χ4v) is 12.8. The van der Waals surface area contributed by atoms with Gasteiger partial charge in [-0.1, -0.05) is 330 Å². The Bertz CT molecular complexity index is 1770. The second kappa shape index (κ2) is 66.3. The number of hydrogen-bond acceptors (Lipinski definition) is 15. The number of aliphatic hydroxyl groups excluding tert-OH is 1. The topological polar surface area (TPSA) is 237 Å². The number of phosphoric acid groups is 2. The molecule has 0 aliphatic rings. The van der Waals surface area contributed by atoms with Gasteiger partial charge in [0.25, 0.3) is 0 Å². The third kappa shape index (κ3) is 66.7. The summed E-state index contributed by atoms with van der Waals surface area (Å²) in [5, 5.41) is 10.6. The van der Waals surface area contributed by atoms with Gasteiger partial charge < -0.3 is 33.8 Å². The summed E-state index contributed by atoms with van der Waals surface area (Å²) in [5.41, 5.74) is 0. The zero-order valence-corrected chi connectivity index (χ0v) is 61.5. The zero-order valence-electron chi connectivity index (χ0n) is 59.7. The first-order chi connectivity index (χ1) is 44.5. The SMILES string of the molecule is CCCCCCCCCCCCCCCCCCCCCCC(=O)O[C@H](COC(=O)CCCCCCCCCCCCCC(C)C)COP(=O)(O)OC[C@@H](O)COP(=O)(O)OC[C@@H](COC(=O)CCCCCCCCC)OC(=O)CCCCCCCCCCCCC. The van der Waals surface area contributed by atoms with Crippen LogP contribution in [0.4, 0.5) is 0 Å². The van der Waals surface area contributed by atoms with Crippen molar-refractivity contribution in [3.8, 4) is 0 Å². The quantitative estimate of drug-likeness (QED) is 0.0222. The molecular formula is C73H142O17P2. The van der Waals surface area contributed by atoms with Crippen LogP contribution in [-0.2, 0) is 65.4 Å². The Hall–Kier alpha value is -1.94. The van der Waals surface area contributed by atoms with E-state index in [9.17, 15) is 43.2 Å². The molecule has 0 aliphatic carbocycles. The Balaban J connectivity index is 5.17. The van der Waals surface area contributed by atoms with Crippen LogP contribution >= 0.6 is 15.6 Å². The molecule has 0 heterocycles. The van der Waals surface area contributed by atoms with Gasteiger partial charge in [-0.2, -0.15) is 0 Å². The van der Waals surface area contributed by atoms with Crippen molar-refractivity contribution in [2.75, 3.05) is 39.6 Å². The summed E-state index contributed by atoms with van der Waals surface area (Å²) in [5.74, 6) is -1.35. The van der Waals surface area contributed by atoms with Crippen molar-refractivity contribution in [2.24, 2.45) is 5.92 Å². The van der Waals surface area contributed by atoms with Gasteiger partial charge in [0.05, 0.1) is 26.4 Å². The minimum absolute atomic E-state index is 0.107. The number of carbonyl (C=O) groups is 4. The number of rotatable bonds is 73. The van der Waals surface area contributed by atoms with E-state index < -0.39 is 97.5 Å². The molecule has 0 aromatic heterocycles. The van der Waals surface area contributed by atoms with Gasteiger partial charge in [-0.05, 0) is 31.6 Å². The average molecular weight is 1350 g/mol. The lowest BCUT2D eigenvalue weighted by atomic mass is 10.0. The molecule has 546 valence electrons. The molecule has 0 spiro atoms. The van der Waals surface area contributed by atoms with Crippen molar-refractivity contribution in [1.82, 2.24) is 0 Å². The number of aliphatic hydroxyl groups is 1. The van der Waals surface area contributed by atoms with E-state index >= 15 is 0 Å². The molecule has 19 heteroatoms. The highest BCUT2D eigenvalue weighted by Crippen LogP contribution is 2.45. The van der Waals surface area contributed by atoms with Gasteiger partial charge in [0, 0.05) is 25.7 Å². The number of hydrogen-bond donors (Lipinski definition) is 3. The first-order valence-corrected chi connectivity index (χ1v) is 41.1. The van der Waals surface area contributed by atoms with E-state index in [0.717, 1.165) is 109 Å². The Kier molecular flexibility index (Phi) is 64.9. The van der Waals surface area contributed by atoms with E-state index in [1.54, 1.807) is 0 Å². The lowest BCUT2D eigenvalue weighted by Gasteiger charge is -2.21. The average Bonchev–Trinajstić information content (AvgIpc) is 3.54. The molecule has 0 amide bonds. The predicted octanol–water partition coefficient (Wildman–Crippen LogP) is 21.3. The van der Waals surface area contributed by atoms with Crippen LogP contribution in [0.2, 0.25) is 0 Å². The maximum Gasteiger partial charge on any atom is 0.472 e. The van der Waals surface area contributed by atoms with Gasteiger partial charge in [-0.15, -0.1) is 0 Å². The second-order valence-corrected chi connectivity index (χ2v) is 29.7. The smallest absolute Gasteiger partial charge is 0.462 e. The second-order valence-electron chi connectivity index (χ2n) is 26.8. The molecule has 0 bridgehead atoms. The Morgan fingerprint density at radius 1 is 0.293 bits per heavy atom. The molecule has 92 heavy (non-hydrogen) atoms. The van der Waals surface area contributed by atoms with Crippen molar-refractivity contribution in [2.45, 2.75) is 400 Å². The van der Waals surface area contributed by atoms with Gasteiger partial charge >= 0.3 is 39.5 Å². The van der Waals surface area contributed by atoms with Crippen LogP contribution in [0.5, 0.6) is 0 Å². The molecule has 0 rings (SSSR count). The van der Waals surface area contributed by atoms with E-state index in [0.29, 0.717) is 25.7 Å². The largest absolute Gasteiger partial charge is 0.472 e. The van der Waals surface area contributed by atoms with E-state index in [4.69, 9.17) is 37.0 Å². The van der Waals surface area contributed by atoms with Crippen molar-refractivity contribution < 1.29 is 80.2 Å². The van der Waals surface area contributed by atoms with Crippen LogP contribution in [0.1, 0.15) is 381 Å². The monoisotopic (exact) mass is 1350 g/mol. The van der Waals surface area contributed by atoms with Gasteiger partial charge in [-0.25, -0.2) is 9.13 Å². The molecule has 0 saturated carbocycles. The summed E-state index contributed by atoms with van der Waals surface area (Å²) in [6.45, 7) is 7.23. The lowest BCUT2D eigenvalue weighted by molar-refractivity contribution is -0.161. The molecule has 5 atom stereocenters. The van der Waals surface area contributed by atoms with Crippen LogP contribution in [0.15, 0.2) is 0 Å². The van der Waals surface area contributed by atoms with Crippen LogP contribution in [0, 0.1) is 5.92 Å². The summed E-state index contributed by atoms with van der Waals surface area (Å²) in [4.78, 5) is 72.5. The summed E-state index contributed by atoms with van der Waals surface area (Å²) >= 11 is 0. The maximum atomic E-state index is 13.1. The van der Waals surface area contributed by atoms with Gasteiger partial charge in [0.2, 0.25) is 0 Å².